The molecule has 1 aromatic carbocycles. The quantitative estimate of drug-likeness (QED) is 0.511. The van der Waals surface area contributed by atoms with Gasteiger partial charge in [0.2, 0.25) is 0 Å². The summed E-state index contributed by atoms with van der Waals surface area (Å²) in [5.74, 6) is 0.574. The Morgan fingerprint density at radius 1 is 1.23 bits per heavy atom. The minimum atomic E-state index is -0.351. The van der Waals surface area contributed by atoms with Crippen LogP contribution >= 0.6 is 0 Å². The first-order chi connectivity index (χ1) is 14.6. The summed E-state index contributed by atoms with van der Waals surface area (Å²) in [6.45, 7) is 0.218. The van der Waals surface area contributed by atoms with Crippen LogP contribution in [0.15, 0.2) is 55.1 Å². The van der Waals surface area contributed by atoms with Crippen LogP contribution in [0.4, 0.5) is 10.2 Å². The molecule has 3 aromatic heterocycles. The Hall–Kier alpha value is -4.01. The fourth-order valence-corrected chi connectivity index (χ4v) is 3.22. The third-order valence-corrected chi connectivity index (χ3v) is 4.74. The summed E-state index contributed by atoms with van der Waals surface area (Å²) in [5.41, 5.74) is 2.95. The minimum absolute atomic E-state index is 0.218. The van der Waals surface area contributed by atoms with Crippen molar-refractivity contribution in [1.29, 1.82) is 0 Å². The normalized spacial score (nSPS) is 10.8. The zero-order chi connectivity index (χ0) is 21.1. The van der Waals surface area contributed by atoms with Gasteiger partial charge in [0.05, 0.1) is 12.7 Å². The number of benzene rings is 1. The molecular formula is C21H19FN6O2. The van der Waals surface area contributed by atoms with Crippen LogP contribution in [0.1, 0.15) is 15.9 Å². The number of fused-ring (bicyclic) bond motifs is 1. The molecule has 0 fully saturated rings. The average Bonchev–Trinajstić information content (AvgIpc) is 3.27. The number of anilines is 1. The van der Waals surface area contributed by atoms with Crippen LogP contribution in [0, 0.1) is 5.82 Å². The van der Waals surface area contributed by atoms with E-state index in [9.17, 15) is 9.18 Å². The Kier molecular flexibility index (Phi) is 5.25. The molecule has 0 saturated heterocycles. The molecule has 0 atom stereocenters. The number of ether oxygens (including phenoxy) is 1. The molecule has 2 N–H and O–H groups in total. The van der Waals surface area contributed by atoms with Gasteiger partial charge in [0.1, 0.15) is 23.7 Å². The number of nitrogens with one attached hydrogen (secondary N) is 2. The molecule has 0 bridgehead atoms. The highest BCUT2D eigenvalue weighted by Crippen LogP contribution is 2.27. The van der Waals surface area contributed by atoms with Crippen LogP contribution in [0.25, 0.3) is 16.8 Å². The van der Waals surface area contributed by atoms with Gasteiger partial charge in [0.15, 0.2) is 5.65 Å². The monoisotopic (exact) mass is 406 g/mol. The number of hydrogen-bond acceptors (Lipinski definition) is 6. The lowest BCUT2D eigenvalue weighted by Crippen LogP contribution is -2.17. The van der Waals surface area contributed by atoms with Gasteiger partial charge < -0.3 is 15.4 Å². The van der Waals surface area contributed by atoms with E-state index in [4.69, 9.17) is 4.74 Å². The molecule has 0 aliphatic rings. The van der Waals surface area contributed by atoms with Gasteiger partial charge in [-0.25, -0.2) is 4.39 Å². The predicted molar refractivity (Wildman–Crippen MR) is 110 cm³/mol. The summed E-state index contributed by atoms with van der Waals surface area (Å²) >= 11 is 0. The lowest BCUT2D eigenvalue weighted by atomic mass is 10.1. The van der Waals surface area contributed by atoms with Crippen LogP contribution < -0.4 is 15.4 Å². The van der Waals surface area contributed by atoms with Crippen molar-refractivity contribution < 1.29 is 13.9 Å². The highest BCUT2D eigenvalue weighted by atomic mass is 19.1. The highest BCUT2D eigenvalue weighted by Gasteiger charge is 2.14. The molecule has 4 aromatic rings. The van der Waals surface area contributed by atoms with E-state index in [0.29, 0.717) is 28.3 Å². The first-order valence-electron chi connectivity index (χ1n) is 9.18. The van der Waals surface area contributed by atoms with Crippen molar-refractivity contribution in [3.8, 4) is 16.9 Å². The first-order valence-corrected chi connectivity index (χ1v) is 9.18. The van der Waals surface area contributed by atoms with Gasteiger partial charge in [-0.05, 0) is 30.3 Å². The molecule has 1 amide bonds. The van der Waals surface area contributed by atoms with Gasteiger partial charge >= 0.3 is 0 Å². The van der Waals surface area contributed by atoms with Gasteiger partial charge in [0.25, 0.3) is 5.91 Å². The van der Waals surface area contributed by atoms with E-state index in [2.05, 4.69) is 25.8 Å². The van der Waals surface area contributed by atoms with Crippen LogP contribution in [-0.4, -0.2) is 39.6 Å². The number of hydrogen-bond donors (Lipinski definition) is 2. The fourth-order valence-electron chi connectivity index (χ4n) is 3.22. The van der Waals surface area contributed by atoms with E-state index < -0.39 is 0 Å². The standard InChI is InChI=1S/C21H19FN6O2/c1-23-21(29)14-8-13(9-24-10-14)15-6-7-19(28-12-26-27-20(15)28)25-11-16-17(22)4-3-5-18(16)30-2/h3-10,12,25H,11H2,1-2H3,(H,23,29). The van der Waals surface area contributed by atoms with E-state index in [1.54, 1.807) is 42.2 Å². The predicted octanol–water partition coefficient (Wildman–Crippen LogP) is 2.91. The Morgan fingerprint density at radius 2 is 2.10 bits per heavy atom. The molecule has 0 spiro atoms. The Morgan fingerprint density at radius 3 is 2.90 bits per heavy atom. The van der Waals surface area contributed by atoms with Crippen molar-refractivity contribution in [3.05, 3.63) is 72.1 Å². The summed E-state index contributed by atoms with van der Waals surface area (Å²) in [6.07, 6.45) is 4.73. The number of methoxy groups -OCH3 is 1. The number of pyridine rings is 2. The highest BCUT2D eigenvalue weighted by molar-refractivity contribution is 5.95. The van der Waals surface area contributed by atoms with E-state index in [1.807, 2.05) is 12.1 Å². The number of rotatable bonds is 6. The van der Waals surface area contributed by atoms with E-state index in [1.165, 1.54) is 19.4 Å². The van der Waals surface area contributed by atoms with Gasteiger partial charge in [0, 0.05) is 42.7 Å². The topological polar surface area (TPSA) is 93.4 Å². The first kappa shape index (κ1) is 19.3. The molecular weight excluding hydrogens is 387 g/mol. The van der Waals surface area contributed by atoms with Gasteiger partial charge in [-0.3, -0.25) is 14.2 Å². The second kappa shape index (κ2) is 8.16. The smallest absolute Gasteiger partial charge is 0.252 e. The molecule has 4 rings (SSSR count). The van der Waals surface area contributed by atoms with E-state index in [0.717, 1.165) is 11.1 Å². The molecule has 8 nitrogen and oxygen atoms in total. The van der Waals surface area contributed by atoms with E-state index >= 15 is 0 Å². The summed E-state index contributed by atoms with van der Waals surface area (Å²) in [4.78, 5) is 16.1. The molecule has 152 valence electrons. The SMILES string of the molecule is CNC(=O)c1cncc(-c2ccc(NCc3c(F)cccc3OC)n3cnnc23)c1. The largest absolute Gasteiger partial charge is 0.496 e. The molecule has 0 aliphatic heterocycles. The van der Waals surface area contributed by atoms with Crippen LogP contribution in [0.5, 0.6) is 5.75 Å². The van der Waals surface area contributed by atoms with Crippen LogP contribution in [0.3, 0.4) is 0 Å². The van der Waals surface area contributed by atoms with Gasteiger partial charge in [-0.1, -0.05) is 6.07 Å². The number of carbonyl (C=O) groups excluding carboxylic acids is 1. The van der Waals surface area contributed by atoms with Crippen molar-refractivity contribution in [3.63, 3.8) is 0 Å². The Balaban J connectivity index is 1.68. The zero-order valence-electron chi connectivity index (χ0n) is 16.4. The second-order valence-electron chi connectivity index (χ2n) is 6.47. The van der Waals surface area contributed by atoms with Crippen LogP contribution in [0.2, 0.25) is 0 Å². The minimum Gasteiger partial charge on any atom is -0.496 e. The molecule has 0 aliphatic carbocycles. The van der Waals surface area contributed by atoms with Gasteiger partial charge in [-0.15, -0.1) is 10.2 Å². The van der Waals surface area contributed by atoms with Crippen molar-refractivity contribution in [1.82, 2.24) is 24.9 Å². The molecule has 3 heterocycles. The van der Waals surface area contributed by atoms with Crippen molar-refractivity contribution in [2.75, 3.05) is 19.5 Å². The fraction of sp³-hybridized carbons (Fsp3) is 0.143. The molecule has 0 unspecified atom stereocenters. The number of amides is 1. The number of halogens is 1. The Labute approximate surface area is 171 Å². The summed E-state index contributed by atoms with van der Waals surface area (Å²) in [6, 6.07) is 10.1. The zero-order valence-corrected chi connectivity index (χ0v) is 16.4. The maximum absolute atomic E-state index is 14.2. The lowest BCUT2D eigenvalue weighted by Gasteiger charge is -2.14. The summed E-state index contributed by atoms with van der Waals surface area (Å²) in [7, 11) is 3.07. The summed E-state index contributed by atoms with van der Waals surface area (Å²) < 4.78 is 21.2. The number of aromatic nitrogens is 4. The molecule has 9 heteroatoms. The number of nitrogens with zero attached hydrogens (tertiary/aromatic N) is 4. The maximum atomic E-state index is 14.2. The molecule has 0 radical (unpaired) electrons. The van der Waals surface area contributed by atoms with E-state index in [-0.39, 0.29) is 18.3 Å². The van der Waals surface area contributed by atoms with Crippen molar-refractivity contribution in [2.45, 2.75) is 6.54 Å². The molecule has 30 heavy (non-hydrogen) atoms. The second-order valence-corrected chi connectivity index (χ2v) is 6.47. The van der Waals surface area contributed by atoms with Gasteiger partial charge in [-0.2, -0.15) is 0 Å². The van der Waals surface area contributed by atoms with Crippen molar-refractivity contribution >= 4 is 17.4 Å². The maximum Gasteiger partial charge on any atom is 0.252 e. The third-order valence-electron chi connectivity index (χ3n) is 4.74. The number of carbonyl (C=O) groups is 1. The van der Waals surface area contributed by atoms with Crippen molar-refractivity contribution in [2.24, 2.45) is 0 Å². The Bertz CT molecular complexity index is 1220. The van der Waals surface area contributed by atoms with Crippen LogP contribution in [-0.2, 0) is 6.54 Å². The third kappa shape index (κ3) is 3.52. The lowest BCUT2D eigenvalue weighted by molar-refractivity contribution is 0.0962. The summed E-state index contributed by atoms with van der Waals surface area (Å²) in [5, 5.41) is 14.0. The average molecular weight is 406 g/mol. The molecule has 0 saturated carbocycles.